The van der Waals surface area contributed by atoms with Crippen LogP contribution in [0.15, 0.2) is 30.5 Å². The number of hydrogen-bond acceptors (Lipinski definition) is 4. The summed E-state index contributed by atoms with van der Waals surface area (Å²) in [6.45, 7) is 7.55. The summed E-state index contributed by atoms with van der Waals surface area (Å²) >= 11 is 1.72. The molecule has 0 radical (unpaired) electrons. The summed E-state index contributed by atoms with van der Waals surface area (Å²) in [5.74, 6) is 0. The smallest absolute Gasteiger partial charge is 0.182 e. The highest BCUT2D eigenvalue weighted by molar-refractivity contribution is 7.15. The van der Waals surface area contributed by atoms with Crippen LogP contribution in [0.4, 0.5) is 5.13 Å². The van der Waals surface area contributed by atoms with Crippen LogP contribution in [0.3, 0.4) is 0 Å². The SMILES string of the molecule is Cc1cnc(NCC(C)N2CCc3ccccc3C2)s1. The second kappa shape index (κ2) is 5.94. The number of hydrogen-bond donors (Lipinski definition) is 1. The van der Waals surface area contributed by atoms with Gasteiger partial charge in [-0.25, -0.2) is 4.98 Å². The van der Waals surface area contributed by atoms with Crippen molar-refractivity contribution >= 4 is 16.5 Å². The van der Waals surface area contributed by atoms with Crippen LogP contribution < -0.4 is 5.32 Å². The van der Waals surface area contributed by atoms with Crippen LogP contribution in [0, 0.1) is 6.92 Å². The van der Waals surface area contributed by atoms with E-state index < -0.39 is 0 Å². The summed E-state index contributed by atoms with van der Waals surface area (Å²) in [5, 5.41) is 4.49. The number of fused-ring (bicyclic) bond motifs is 1. The minimum absolute atomic E-state index is 0.521. The Balaban J connectivity index is 1.57. The van der Waals surface area contributed by atoms with Crippen LogP contribution in [-0.2, 0) is 13.0 Å². The zero-order valence-corrected chi connectivity index (χ0v) is 12.9. The van der Waals surface area contributed by atoms with Crippen LogP contribution in [0.2, 0.25) is 0 Å². The van der Waals surface area contributed by atoms with E-state index in [0.29, 0.717) is 6.04 Å². The minimum atomic E-state index is 0.521. The molecule has 1 aliphatic rings. The van der Waals surface area contributed by atoms with Gasteiger partial charge in [0.25, 0.3) is 0 Å². The van der Waals surface area contributed by atoms with E-state index in [1.807, 2.05) is 6.20 Å². The fourth-order valence-corrected chi connectivity index (χ4v) is 3.37. The van der Waals surface area contributed by atoms with Crippen LogP contribution >= 0.6 is 11.3 Å². The van der Waals surface area contributed by atoms with E-state index in [4.69, 9.17) is 0 Å². The van der Waals surface area contributed by atoms with Gasteiger partial charge in [0.05, 0.1) is 0 Å². The molecule has 0 saturated carbocycles. The molecule has 3 nitrogen and oxygen atoms in total. The highest BCUT2D eigenvalue weighted by Crippen LogP contribution is 2.21. The van der Waals surface area contributed by atoms with Crippen molar-refractivity contribution in [3.05, 3.63) is 46.5 Å². The van der Waals surface area contributed by atoms with Gasteiger partial charge in [0.1, 0.15) is 0 Å². The van der Waals surface area contributed by atoms with Crippen molar-refractivity contribution in [1.29, 1.82) is 0 Å². The molecule has 0 bridgehead atoms. The van der Waals surface area contributed by atoms with Gasteiger partial charge in [-0.2, -0.15) is 0 Å². The Kier molecular flexibility index (Phi) is 4.03. The zero-order chi connectivity index (χ0) is 13.9. The molecule has 3 rings (SSSR count). The summed E-state index contributed by atoms with van der Waals surface area (Å²) < 4.78 is 0. The first kappa shape index (κ1) is 13.6. The zero-order valence-electron chi connectivity index (χ0n) is 12.1. The summed E-state index contributed by atoms with van der Waals surface area (Å²) in [6, 6.07) is 9.32. The third-order valence-corrected chi connectivity index (χ3v) is 4.82. The number of benzene rings is 1. The van der Waals surface area contributed by atoms with Crippen LogP contribution in [-0.4, -0.2) is 29.0 Å². The fourth-order valence-electron chi connectivity index (χ4n) is 2.69. The van der Waals surface area contributed by atoms with Crippen LogP contribution in [0.25, 0.3) is 0 Å². The minimum Gasteiger partial charge on any atom is -0.360 e. The summed E-state index contributed by atoms with van der Waals surface area (Å²) in [6.07, 6.45) is 3.09. The molecule has 1 aliphatic heterocycles. The van der Waals surface area contributed by atoms with Gasteiger partial charge in [-0.05, 0) is 31.4 Å². The van der Waals surface area contributed by atoms with E-state index in [-0.39, 0.29) is 0 Å². The number of nitrogens with one attached hydrogen (secondary N) is 1. The van der Waals surface area contributed by atoms with Crippen molar-refractivity contribution in [1.82, 2.24) is 9.88 Å². The largest absolute Gasteiger partial charge is 0.360 e. The number of nitrogens with zero attached hydrogens (tertiary/aromatic N) is 2. The maximum Gasteiger partial charge on any atom is 0.182 e. The van der Waals surface area contributed by atoms with E-state index in [1.165, 1.54) is 16.0 Å². The molecule has 0 amide bonds. The summed E-state index contributed by atoms with van der Waals surface area (Å²) in [7, 11) is 0. The van der Waals surface area contributed by atoms with Crippen molar-refractivity contribution in [2.75, 3.05) is 18.4 Å². The van der Waals surface area contributed by atoms with Gasteiger partial charge in [-0.15, -0.1) is 11.3 Å². The van der Waals surface area contributed by atoms with Gasteiger partial charge < -0.3 is 5.32 Å². The van der Waals surface area contributed by atoms with Crippen molar-refractivity contribution in [2.45, 2.75) is 32.9 Å². The lowest BCUT2D eigenvalue weighted by Crippen LogP contribution is -2.41. The average Bonchev–Trinajstić information content (AvgIpc) is 2.90. The van der Waals surface area contributed by atoms with Crippen LogP contribution in [0.5, 0.6) is 0 Å². The Labute approximate surface area is 124 Å². The predicted molar refractivity (Wildman–Crippen MR) is 85.4 cm³/mol. The van der Waals surface area contributed by atoms with E-state index in [0.717, 1.165) is 31.2 Å². The highest BCUT2D eigenvalue weighted by Gasteiger charge is 2.20. The second-order valence-electron chi connectivity index (χ2n) is 5.50. The number of rotatable bonds is 4. The third kappa shape index (κ3) is 3.02. The molecule has 1 aromatic heterocycles. The monoisotopic (exact) mass is 287 g/mol. The molecule has 0 aliphatic carbocycles. The fraction of sp³-hybridized carbons (Fsp3) is 0.438. The molecule has 4 heteroatoms. The van der Waals surface area contributed by atoms with Gasteiger partial charge in [-0.3, -0.25) is 4.90 Å². The lowest BCUT2D eigenvalue weighted by Gasteiger charge is -2.33. The topological polar surface area (TPSA) is 28.2 Å². The van der Waals surface area contributed by atoms with E-state index in [9.17, 15) is 0 Å². The molecule has 0 fully saturated rings. The van der Waals surface area contributed by atoms with Gasteiger partial charge >= 0.3 is 0 Å². The lowest BCUT2D eigenvalue weighted by molar-refractivity contribution is 0.198. The standard InChI is InChI=1S/C16H21N3S/c1-12(9-17-16-18-10-13(2)20-16)19-8-7-14-5-3-4-6-15(14)11-19/h3-6,10,12H,7-9,11H2,1-2H3,(H,17,18). The van der Waals surface area contributed by atoms with E-state index >= 15 is 0 Å². The first-order valence-corrected chi connectivity index (χ1v) is 8.01. The molecule has 2 aromatic rings. The summed E-state index contributed by atoms with van der Waals surface area (Å²) in [5.41, 5.74) is 3.00. The maximum atomic E-state index is 4.36. The summed E-state index contributed by atoms with van der Waals surface area (Å²) in [4.78, 5) is 8.17. The Morgan fingerprint density at radius 1 is 1.35 bits per heavy atom. The average molecular weight is 287 g/mol. The number of anilines is 1. The van der Waals surface area contributed by atoms with Crippen LogP contribution in [0.1, 0.15) is 22.9 Å². The van der Waals surface area contributed by atoms with Gasteiger partial charge in [-0.1, -0.05) is 24.3 Å². The molecule has 106 valence electrons. The van der Waals surface area contributed by atoms with Gasteiger partial charge in [0.2, 0.25) is 0 Å². The quantitative estimate of drug-likeness (QED) is 0.935. The van der Waals surface area contributed by atoms with Crippen molar-refractivity contribution in [2.24, 2.45) is 0 Å². The van der Waals surface area contributed by atoms with Crippen molar-refractivity contribution in [3.8, 4) is 0 Å². The normalized spacial score (nSPS) is 16.7. The predicted octanol–water partition coefficient (Wildman–Crippen LogP) is 3.31. The molecule has 0 saturated heterocycles. The molecule has 20 heavy (non-hydrogen) atoms. The third-order valence-electron chi connectivity index (χ3n) is 3.95. The van der Waals surface area contributed by atoms with E-state index in [1.54, 1.807) is 11.3 Å². The molecular weight excluding hydrogens is 266 g/mol. The molecule has 2 heterocycles. The lowest BCUT2D eigenvalue weighted by atomic mass is 9.99. The number of aryl methyl sites for hydroxylation is 1. The Bertz CT molecular complexity index is 579. The molecule has 1 N–H and O–H groups in total. The van der Waals surface area contributed by atoms with Gasteiger partial charge in [0.15, 0.2) is 5.13 Å². The second-order valence-corrected chi connectivity index (χ2v) is 6.73. The van der Waals surface area contributed by atoms with Crippen molar-refractivity contribution < 1.29 is 0 Å². The van der Waals surface area contributed by atoms with E-state index in [2.05, 4.69) is 53.3 Å². The number of thiazole rings is 1. The van der Waals surface area contributed by atoms with Gasteiger partial charge in [0, 0.05) is 36.8 Å². The molecule has 1 unspecified atom stereocenters. The molecular formula is C16H21N3S. The number of aromatic nitrogens is 1. The molecule has 0 spiro atoms. The Morgan fingerprint density at radius 3 is 2.90 bits per heavy atom. The highest BCUT2D eigenvalue weighted by atomic mass is 32.1. The molecule has 1 atom stereocenters. The Hall–Kier alpha value is -1.39. The maximum absolute atomic E-state index is 4.36. The molecule has 1 aromatic carbocycles. The van der Waals surface area contributed by atoms with Crippen molar-refractivity contribution in [3.63, 3.8) is 0 Å². The first-order valence-electron chi connectivity index (χ1n) is 7.19. The first-order chi connectivity index (χ1) is 9.72. The Morgan fingerprint density at radius 2 is 2.15 bits per heavy atom.